The van der Waals surface area contributed by atoms with Crippen LogP contribution in [0.15, 0.2) is 0 Å². The number of alkyl halides is 1. The lowest BCUT2D eigenvalue weighted by atomic mass is 10.1. The van der Waals surface area contributed by atoms with Crippen LogP contribution in [0.4, 0.5) is 0 Å². The second-order valence-corrected chi connectivity index (χ2v) is 5.27. The van der Waals surface area contributed by atoms with Crippen molar-refractivity contribution in [3.05, 3.63) is 0 Å². The zero-order chi connectivity index (χ0) is 11.9. The van der Waals surface area contributed by atoms with Crippen LogP contribution in [0.1, 0.15) is 52.9 Å². The van der Waals surface area contributed by atoms with Crippen molar-refractivity contribution in [2.75, 3.05) is 12.4 Å². The Morgan fingerprint density at radius 1 is 1.27 bits per heavy atom. The molecule has 90 valence electrons. The molecule has 0 saturated carbocycles. The number of hydrogen-bond donors (Lipinski definition) is 0. The van der Waals surface area contributed by atoms with Crippen LogP contribution in [0.3, 0.4) is 0 Å². The van der Waals surface area contributed by atoms with E-state index in [1.807, 2.05) is 11.9 Å². The monoisotopic (exact) mass is 277 g/mol. The summed E-state index contributed by atoms with van der Waals surface area (Å²) < 4.78 is 0. The van der Waals surface area contributed by atoms with Crippen molar-refractivity contribution >= 4 is 21.8 Å². The zero-order valence-corrected chi connectivity index (χ0v) is 12.1. The van der Waals surface area contributed by atoms with E-state index in [1.54, 1.807) is 0 Å². The fraction of sp³-hybridized carbons (Fsp3) is 0.917. The topological polar surface area (TPSA) is 20.3 Å². The second kappa shape index (κ2) is 7.26. The summed E-state index contributed by atoms with van der Waals surface area (Å²) in [5.74, 6) is 0.260. The molecule has 0 aromatic carbocycles. The smallest absolute Gasteiger partial charge is 0.222 e. The van der Waals surface area contributed by atoms with E-state index in [2.05, 4.69) is 36.7 Å². The summed E-state index contributed by atoms with van der Waals surface area (Å²) in [6.07, 6.45) is 5.34. The largest absolute Gasteiger partial charge is 0.340 e. The van der Waals surface area contributed by atoms with E-state index in [-0.39, 0.29) is 11.4 Å². The molecular weight excluding hydrogens is 254 g/mol. The van der Waals surface area contributed by atoms with Crippen molar-refractivity contribution in [2.24, 2.45) is 0 Å². The average molecular weight is 278 g/mol. The van der Waals surface area contributed by atoms with Crippen molar-refractivity contribution in [1.82, 2.24) is 4.90 Å². The van der Waals surface area contributed by atoms with Gasteiger partial charge in [0.2, 0.25) is 5.91 Å². The summed E-state index contributed by atoms with van der Waals surface area (Å²) in [5.41, 5.74) is -0.0815. The first-order chi connectivity index (χ1) is 6.95. The predicted molar refractivity (Wildman–Crippen MR) is 69.4 cm³/mol. The molecule has 1 amide bonds. The third-order valence-electron chi connectivity index (χ3n) is 2.85. The molecule has 0 aliphatic heterocycles. The van der Waals surface area contributed by atoms with Gasteiger partial charge in [-0.05, 0) is 20.3 Å². The van der Waals surface area contributed by atoms with Crippen LogP contribution in [0.5, 0.6) is 0 Å². The molecule has 0 radical (unpaired) electrons. The number of nitrogens with zero attached hydrogens (tertiary/aromatic N) is 1. The number of halogens is 1. The van der Waals surface area contributed by atoms with Gasteiger partial charge in [-0.1, -0.05) is 42.1 Å². The normalized spacial score (nSPS) is 11.5. The molecule has 0 aromatic heterocycles. The van der Waals surface area contributed by atoms with Gasteiger partial charge in [0, 0.05) is 24.3 Å². The van der Waals surface area contributed by atoms with Crippen LogP contribution in [0, 0.1) is 0 Å². The average Bonchev–Trinajstić information content (AvgIpc) is 2.23. The van der Waals surface area contributed by atoms with Crippen molar-refractivity contribution in [1.29, 1.82) is 0 Å². The Balaban J connectivity index is 3.89. The van der Waals surface area contributed by atoms with Gasteiger partial charge in [0.05, 0.1) is 0 Å². The fourth-order valence-electron chi connectivity index (χ4n) is 1.30. The van der Waals surface area contributed by atoms with Crippen LogP contribution in [0.25, 0.3) is 0 Å². The van der Waals surface area contributed by atoms with E-state index in [0.29, 0.717) is 6.42 Å². The Morgan fingerprint density at radius 2 is 1.87 bits per heavy atom. The molecule has 0 rings (SSSR count). The number of amides is 1. The van der Waals surface area contributed by atoms with Crippen molar-refractivity contribution in [3.8, 4) is 0 Å². The maximum Gasteiger partial charge on any atom is 0.222 e. The summed E-state index contributed by atoms with van der Waals surface area (Å²) in [6.45, 7) is 6.33. The Kier molecular flexibility index (Phi) is 7.24. The highest BCUT2D eigenvalue weighted by Crippen LogP contribution is 2.17. The molecule has 0 heterocycles. The minimum Gasteiger partial charge on any atom is -0.340 e. The number of carbonyl (C=O) groups is 1. The zero-order valence-electron chi connectivity index (χ0n) is 10.5. The Hall–Kier alpha value is -0.0500. The fourth-order valence-corrected chi connectivity index (χ4v) is 1.67. The molecular formula is C12H24BrNO. The lowest BCUT2D eigenvalue weighted by Crippen LogP contribution is -2.46. The Bertz CT molecular complexity index is 192. The van der Waals surface area contributed by atoms with Gasteiger partial charge in [0.1, 0.15) is 0 Å². The molecule has 0 unspecified atom stereocenters. The maximum absolute atomic E-state index is 11.8. The van der Waals surface area contributed by atoms with Gasteiger partial charge in [-0.15, -0.1) is 0 Å². The number of unbranched alkanes of at least 4 members (excludes halogenated alkanes) is 3. The van der Waals surface area contributed by atoms with Gasteiger partial charge in [-0.2, -0.15) is 0 Å². The van der Waals surface area contributed by atoms with Gasteiger partial charge < -0.3 is 4.90 Å². The van der Waals surface area contributed by atoms with E-state index >= 15 is 0 Å². The van der Waals surface area contributed by atoms with Crippen LogP contribution < -0.4 is 0 Å². The maximum atomic E-state index is 11.8. The van der Waals surface area contributed by atoms with E-state index in [4.69, 9.17) is 0 Å². The highest BCUT2D eigenvalue weighted by atomic mass is 79.9. The summed E-state index contributed by atoms with van der Waals surface area (Å²) in [7, 11) is 1.89. The molecule has 0 saturated heterocycles. The molecule has 0 N–H and O–H groups in total. The molecule has 0 fully saturated rings. The van der Waals surface area contributed by atoms with Crippen LogP contribution in [0.2, 0.25) is 0 Å². The van der Waals surface area contributed by atoms with Crippen LogP contribution in [-0.4, -0.2) is 28.7 Å². The van der Waals surface area contributed by atoms with Gasteiger partial charge in [0.15, 0.2) is 0 Å². The molecule has 0 aliphatic carbocycles. The molecule has 3 heteroatoms. The molecule has 0 aromatic rings. The van der Waals surface area contributed by atoms with E-state index in [1.165, 1.54) is 19.3 Å². The standard InChI is InChI=1S/C12H24BrNO/c1-5-6-7-8-9-11(15)14(4)12(2,3)10-13/h5-10H2,1-4H3. The quantitative estimate of drug-likeness (QED) is 0.515. The number of carbonyl (C=O) groups excluding carboxylic acids is 1. The summed E-state index contributed by atoms with van der Waals surface area (Å²) >= 11 is 3.44. The van der Waals surface area contributed by atoms with Gasteiger partial charge >= 0.3 is 0 Å². The molecule has 0 atom stereocenters. The summed E-state index contributed by atoms with van der Waals surface area (Å²) in [5, 5.41) is 0.817. The third-order valence-corrected chi connectivity index (χ3v) is 4.23. The van der Waals surface area contributed by atoms with E-state index in [9.17, 15) is 4.79 Å². The van der Waals surface area contributed by atoms with Crippen LogP contribution >= 0.6 is 15.9 Å². The van der Waals surface area contributed by atoms with Crippen LogP contribution in [-0.2, 0) is 4.79 Å². The molecule has 15 heavy (non-hydrogen) atoms. The van der Waals surface area contributed by atoms with Gasteiger partial charge in [0.25, 0.3) is 0 Å². The lowest BCUT2D eigenvalue weighted by molar-refractivity contribution is -0.134. The Morgan fingerprint density at radius 3 is 2.33 bits per heavy atom. The molecule has 2 nitrogen and oxygen atoms in total. The summed E-state index contributed by atoms with van der Waals surface area (Å²) in [4.78, 5) is 13.7. The van der Waals surface area contributed by atoms with E-state index < -0.39 is 0 Å². The summed E-state index contributed by atoms with van der Waals surface area (Å²) in [6, 6.07) is 0. The highest BCUT2D eigenvalue weighted by molar-refractivity contribution is 9.09. The minimum absolute atomic E-state index is 0.0815. The second-order valence-electron chi connectivity index (χ2n) is 4.71. The molecule has 0 aliphatic rings. The van der Waals surface area contributed by atoms with Gasteiger partial charge in [-0.3, -0.25) is 4.79 Å². The number of rotatable bonds is 7. The first kappa shape index (κ1) is 14.9. The van der Waals surface area contributed by atoms with E-state index in [0.717, 1.165) is 11.8 Å². The minimum atomic E-state index is -0.0815. The Labute approximate surface area is 103 Å². The third kappa shape index (κ3) is 5.55. The first-order valence-electron chi connectivity index (χ1n) is 5.78. The predicted octanol–water partition coefficient (Wildman–Crippen LogP) is 3.59. The lowest BCUT2D eigenvalue weighted by Gasteiger charge is -2.34. The SMILES string of the molecule is CCCCCCC(=O)N(C)C(C)(C)CBr. The number of hydrogen-bond acceptors (Lipinski definition) is 1. The molecule has 0 spiro atoms. The van der Waals surface area contributed by atoms with Crippen molar-refractivity contribution < 1.29 is 4.79 Å². The highest BCUT2D eigenvalue weighted by Gasteiger charge is 2.25. The molecule has 0 bridgehead atoms. The first-order valence-corrected chi connectivity index (χ1v) is 6.90. The van der Waals surface area contributed by atoms with Crippen molar-refractivity contribution in [3.63, 3.8) is 0 Å². The van der Waals surface area contributed by atoms with Crippen molar-refractivity contribution in [2.45, 2.75) is 58.4 Å². The van der Waals surface area contributed by atoms with Gasteiger partial charge in [-0.25, -0.2) is 0 Å².